The number of carbonyl (C=O) groups excluding carboxylic acids is 3. The van der Waals surface area contributed by atoms with Gasteiger partial charge in [0.25, 0.3) is 5.91 Å². The van der Waals surface area contributed by atoms with Crippen molar-refractivity contribution in [1.82, 2.24) is 10.3 Å². The summed E-state index contributed by atoms with van der Waals surface area (Å²) in [6.07, 6.45) is 0.196. The van der Waals surface area contributed by atoms with E-state index in [9.17, 15) is 14.4 Å². The first-order valence-corrected chi connectivity index (χ1v) is 11.6. The molecule has 1 atom stereocenters. The molecule has 0 radical (unpaired) electrons. The predicted molar refractivity (Wildman–Crippen MR) is 140 cm³/mol. The second kappa shape index (κ2) is 9.80. The van der Waals surface area contributed by atoms with E-state index in [1.54, 1.807) is 36.4 Å². The number of nitrogens with one attached hydrogen (secondary N) is 1. The van der Waals surface area contributed by atoms with E-state index in [0.29, 0.717) is 38.5 Å². The Kier molecular flexibility index (Phi) is 6.24. The first kappa shape index (κ1) is 22.9. The van der Waals surface area contributed by atoms with Gasteiger partial charge in [-0.05, 0) is 17.7 Å². The van der Waals surface area contributed by atoms with Gasteiger partial charge in [-0.25, -0.2) is 4.98 Å². The van der Waals surface area contributed by atoms with Crippen LogP contribution in [0, 0.1) is 0 Å². The molecule has 1 aromatic heterocycles. The highest BCUT2D eigenvalue weighted by Gasteiger charge is 2.23. The topological polar surface area (TPSA) is 102 Å². The molecule has 1 heterocycles. The summed E-state index contributed by atoms with van der Waals surface area (Å²) in [7, 11) is 0. The van der Waals surface area contributed by atoms with Crippen molar-refractivity contribution in [3.8, 4) is 0 Å². The summed E-state index contributed by atoms with van der Waals surface area (Å²) in [5.41, 5.74) is 9.42. The van der Waals surface area contributed by atoms with E-state index >= 15 is 0 Å². The molecule has 0 bridgehead atoms. The fourth-order valence-corrected chi connectivity index (χ4v) is 4.32. The van der Waals surface area contributed by atoms with Crippen LogP contribution in [0.1, 0.15) is 31.8 Å². The summed E-state index contributed by atoms with van der Waals surface area (Å²) in [6.45, 7) is 0. The minimum Gasteiger partial charge on any atom is -0.368 e. The van der Waals surface area contributed by atoms with E-state index in [4.69, 9.17) is 5.73 Å². The lowest BCUT2D eigenvalue weighted by atomic mass is 9.98. The number of para-hydroxylation sites is 2. The van der Waals surface area contributed by atoms with Crippen LogP contribution in [-0.2, 0) is 11.2 Å². The number of benzene rings is 4. The van der Waals surface area contributed by atoms with Gasteiger partial charge in [-0.2, -0.15) is 0 Å². The van der Waals surface area contributed by atoms with Crippen molar-refractivity contribution in [3.63, 3.8) is 0 Å². The zero-order chi connectivity index (χ0) is 25.1. The van der Waals surface area contributed by atoms with Crippen molar-refractivity contribution in [1.29, 1.82) is 0 Å². The molecule has 4 aromatic carbocycles. The van der Waals surface area contributed by atoms with Gasteiger partial charge in [0.05, 0.1) is 16.6 Å². The molecule has 6 heteroatoms. The molecule has 5 aromatic rings. The SMILES string of the molecule is NC(=O)[C@@H](Cc1ccc(C(=O)c2ccccc2)cc1)NC(=O)c1c2ccccc2nc2ccccc12. The lowest BCUT2D eigenvalue weighted by Gasteiger charge is -2.18. The van der Waals surface area contributed by atoms with Gasteiger partial charge >= 0.3 is 0 Å². The second-order valence-electron chi connectivity index (χ2n) is 8.55. The number of primary amides is 1. The Balaban J connectivity index is 1.40. The Morgan fingerprint density at radius 1 is 0.694 bits per heavy atom. The number of hydrogen-bond donors (Lipinski definition) is 2. The van der Waals surface area contributed by atoms with Crippen LogP contribution in [0.3, 0.4) is 0 Å². The van der Waals surface area contributed by atoms with Gasteiger partial charge in [0.1, 0.15) is 6.04 Å². The Hall–Kier alpha value is -4.84. The zero-order valence-electron chi connectivity index (χ0n) is 19.3. The highest BCUT2D eigenvalue weighted by atomic mass is 16.2. The number of aromatic nitrogens is 1. The lowest BCUT2D eigenvalue weighted by molar-refractivity contribution is -0.119. The molecule has 0 saturated heterocycles. The third-order valence-corrected chi connectivity index (χ3v) is 6.16. The van der Waals surface area contributed by atoms with E-state index in [1.165, 1.54) is 0 Å². The molecule has 0 fully saturated rings. The van der Waals surface area contributed by atoms with Gasteiger partial charge in [0.15, 0.2) is 5.78 Å². The van der Waals surface area contributed by atoms with Crippen molar-refractivity contribution < 1.29 is 14.4 Å². The number of fused-ring (bicyclic) bond motifs is 2. The molecule has 0 saturated carbocycles. The van der Waals surface area contributed by atoms with Crippen LogP contribution >= 0.6 is 0 Å². The third kappa shape index (κ3) is 4.57. The van der Waals surface area contributed by atoms with Crippen molar-refractivity contribution in [2.45, 2.75) is 12.5 Å². The number of carbonyl (C=O) groups is 3. The van der Waals surface area contributed by atoms with Crippen LogP contribution in [0.15, 0.2) is 103 Å². The van der Waals surface area contributed by atoms with Gasteiger partial charge in [-0.15, -0.1) is 0 Å². The maximum Gasteiger partial charge on any atom is 0.253 e. The molecule has 0 unspecified atom stereocenters. The van der Waals surface area contributed by atoms with Crippen molar-refractivity contribution in [3.05, 3.63) is 125 Å². The van der Waals surface area contributed by atoms with Crippen molar-refractivity contribution in [2.75, 3.05) is 0 Å². The molecule has 0 aliphatic heterocycles. The minimum absolute atomic E-state index is 0.0849. The van der Waals surface area contributed by atoms with Crippen LogP contribution in [0.5, 0.6) is 0 Å². The lowest BCUT2D eigenvalue weighted by Crippen LogP contribution is -2.46. The Morgan fingerprint density at radius 2 is 1.22 bits per heavy atom. The molecular weight excluding hydrogens is 450 g/mol. The van der Waals surface area contributed by atoms with E-state index in [1.807, 2.05) is 66.7 Å². The molecule has 6 nitrogen and oxygen atoms in total. The molecule has 3 N–H and O–H groups in total. The summed E-state index contributed by atoms with van der Waals surface area (Å²) < 4.78 is 0. The number of nitrogens with zero attached hydrogens (tertiary/aromatic N) is 1. The number of rotatable bonds is 7. The monoisotopic (exact) mass is 473 g/mol. The highest BCUT2D eigenvalue weighted by Crippen LogP contribution is 2.26. The fraction of sp³-hybridized carbons (Fsp3) is 0.0667. The summed E-state index contributed by atoms with van der Waals surface area (Å²) in [5.74, 6) is -1.13. The van der Waals surface area contributed by atoms with E-state index in [0.717, 1.165) is 5.56 Å². The molecule has 0 aliphatic rings. The summed E-state index contributed by atoms with van der Waals surface area (Å²) in [6, 6.07) is 29.9. The standard InChI is InChI=1S/C30H23N3O3/c31-29(35)26(18-19-14-16-21(17-15-19)28(34)20-8-2-1-3-9-20)33-30(36)27-22-10-4-6-12-24(22)32-25-13-7-5-11-23(25)27/h1-17,26H,18H2,(H2,31,35)(H,33,36)/t26-/m1/s1. The second-order valence-corrected chi connectivity index (χ2v) is 8.55. The molecule has 0 aliphatic carbocycles. The van der Waals surface area contributed by atoms with Crippen LogP contribution in [0.4, 0.5) is 0 Å². The van der Waals surface area contributed by atoms with E-state index in [-0.39, 0.29) is 12.2 Å². The average Bonchev–Trinajstić information content (AvgIpc) is 2.91. The largest absolute Gasteiger partial charge is 0.368 e. The summed E-state index contributed by atoms with van der Waals surface area (Å²) in [5, 5.41) is 4.21. The summed E-state index contributed by atoms with van der Waals surface area (Å²) >= 11 is 0. The normalized spacial score (nSPS) is 11.8. The van der Waals surface area contributed by atoms with Crippen LogP contribution in [-0.4, -0.2) is 28.6 Å². The number of ketones is 1. The molecule has 176 valence electrons. The molecule has 36 heavy (non-hydrogen) atoms. The number of pyridine rings is 1. The van der Waals surface area contributed by atoms with Crippen molar-refractivity contribution in [2.24, 2.45) is 5.73 Å². The Labute approximate surface area is 207 Å². The molecule has 0 spiro atoms. The van der Waals surface area contributed by atoms with Crippen LogP contribution in [0.25, 0.3) is 21.8 Å². The van der Waals surface area contributed by atoms with Gasteiger partial charge in [0, 0.05) is 28.3 Å². The van der Waals surface area contributed by atoms with E-state index in [2.05, 4.69) is 10.3 Å². The van der Waals surface area contributed by atoms with Crippen LogP contribution in [0.2, 0.25) is 0 Å². The maximum atomic E-state index is 13.5. The predicted octanol–water partition coefficient (Wildman–Crippen LogP) is 4.45. The van der Waals surface area contributed by atoms with Gasteiger partial charge < -0.3 is 11.1 Å². The fourth-order valence-electron chi connectivity index (χ4n) is 4.32. The minimum atomic E-state index is -0.932. The quantitative estimate of drug-likeness (QED) is 0.269. The smallest absolute Gasteiger partial charge is 0.253 e. The number of amides is 2. The highest BCUT2D eigenvalue weighted by molar-refractivity contribution is 6.16. The number of nitrogens with two attached hydrogens (primary N) is 1. The van der Waals surface area contributed by atoms with Gasteiger partial charge in [-0.3, -0.25) is 14.4 Å². The summed E-state index contributed by atoms with van der Waals surface area (Å²) in [4.78, 5) is 43.1. The number of hydrogen-bond acceptors (Lipinski definition) is 4. The zero-order valence-corrected chi connectivity index (χ0v) is 19.3. The van der Waals surface area contributed by atoms with Crippen LogP contribution < -0.4 is 11.1 Å². The maximum absolute atomic E-state index is 13.5. The first-order valence-electron chi connectivity index (χ1n) is 11.6. The average molecular weight is 474 g/mol. The Bertz CT molecular complexity index is 1540. The third-order valence-electron chi connectivity index (χ3n) is 6.16. The molecular formula is C30H23N3O3. The van der Waals surface area contributed by atoms with Gasteiger partial charge in [-0.1, -0.05) is 91.0 Å². The van der Waals surface area contributed by atoms with Crippen molar-refractivity contribution >= 4 is 39.4 Å². The molecule has 2 amide bonds. The Morgan fingerprint density at radius 3 is 1.81 bits per heavy atom. The van der Waals surface area contributed by atoms with E-state index < -0.39 is 17.9 Å². The first-order chi connectivity index (χ1) is 17.5. The van der Waals surface area contributed by atoms with Gasteiger partial charge in [0.2, 0.25) is 5.91 Å². The molecule has 5 rings (SSSR count).